The van der Waals surface area contributed by atoms with Crippen LogP contribution in [0.1, 0.15) is 18.6 Å². The first-order valence-corrected chi connectivity index (χ1v) is 7.18. The van der Waals surface area contributed by atoms with E-state index in [1.54, 1.807) is 25.1 Å². The molecule has 2 rings (SSSR count). The normalized spacial score (nSPS) is 12.5. The molecule has 5 heteroatoms. The highest BCUT2D eigenvalue weighted by Crippen LogP contribution is 2.34. The summed E-state index contributed by atoms with van der Waals surface area (Å²) in [6, 6.07) is 8.66. The molecule has 1 atom stereocenters. The van der Waals surface area contributed by atoms with Gasteiger partial charge in [-0.3, -0.25) is 0 Å². The van der Waals surface area contributed by atoms with E-state index in [1.807, 2.05) is 0 Å². The summed E-state index contributed by atoms with van der Waals surface area (Å²) in [5, 5.41) is 9.52. The van der Waals surface area contributed by atoms with Gasteiger partial charge in [-0.15, -0.1) is 0 Å². The highest BCUT2D eigenvalue weighted by atomic mass is 79.9. The van der Waals surface area contributed by atoms with Gasteiger partial charge in [0.2, 0.25) is 0 Å². The van der Waals surface area contributed by atoms with Crippen molar-refractivity contribution in [1.82, 2.24) is 0 Å². The number of aliphatic hydroxyl groups excluding tert-OH is 1. The molecule has 0 heterocycles. The Kier molecular flexibility index (Phi) is 4.60. The van der Waals surface area contributed by atoms with E-state index in [-0.39, 0.29) is 4.90 Å². The predicted molar refractivity (Wildman–Crippen MR) is 75.3 cm³/mol. The van der Waals surface area contributed by atoms with E-state index in [0.29, 0.717) is 0 Å². The Morgan fingerprint density at radius 1 is 1.16 bits per heavy atom. The molecule has 1 nitrogen and oxygen atoms in total. The average molecular weight is 345 g/mol. The van der Waals surface area contributed by atoms with E-state index >= 15 is 0 Å². The molecule has 0 bridgehead atoms. The predicted octanol–water partition coefficient (Wildman–Crippen LogP) is 4.93. The van der Waals surface area contributed by atoms with Crippen molar-refractivity contribution < 1.29 is 13.9 Å². The summed E-state index contributed by atoms with van der Waals surface area (Å²) in [5.74, 6) is -0.925. The summed E-state index contributed by atoms with van der Waals surface area (Å²) >= 11 is 4.49. The van der Waals surface area contributed by atoms with Crippen LogP contribution >= 0.6 is 27.7 Å². The molecule has 19 heavy (non-hydrogen) atoms. The van der Waals surface area contributed by atoms with E-state index in [1.165, 1.54) is 0 Å². The summed E-state index contributed by atoms with van der Waals surface area (Å²) in [6.07, 6.45) is -0.584. The molecule has 0 aromatic heterocycles. The van der Waals surface area contributed by atoms with Crippen LogP contribution in [0.25, 0.3) is 0 Å². The van der Waals surface area contributed by atoms with Crippen molar-refractivity contribution in [2.75, 3.05) is 0 Å². The van der Waals surface area contributed by atoms with Gasteiger partial charge in [-0.1, -0.05) is 33.8 Å². The number of halogens is 3. The Bertz CT molecular complexity index is 602. The third kappa shape index (κ3) is 3.55. The summed E-state index contributed by atoms with van der Waals surface area (Å²) in [7, 11) is 0. The fraction of sp³-hybridized carbons (Fsp3) is 0.143. The van der Waals surface area contributed by atoms with Crippen molar-refractivity contribution in [2.45, 2.75) is 22.8 Å². The molecule has 0 aliphatic carbocycles. The molecule has 100 valence electrons. The van der Waals surface area contributed by atoms with Crippen molar-refractivity contribution >= 4 is 27.7 Å². The van der Waals surface area contributed by atoms with Gasteiger partial charge in [0.15, 0.2) is 0 Å². The molecular weight excluding hydrogens is 334 g/mol. The Morgan fingerprint density at radius 2 is 1.89 bits per heavy atom. The fourth-order valence-corrected chi connectivity index (χ4v) is 3.36. The molecule has 0 spiro atoms. The van der Waals surface area contributed by atoms with E-state index in [4.69, 9.17) is 0 Å². The van der Waals surface area contributed by atoms with E-state index in [2.05, 4.69) is 15.9 Å². The van der Waals surface area contributed by atoms with Crippen LogP contribution in [0, 0.1) is 11.6 Å². The lowest BCUT2D eigenvalue weighted by Gasteiger charge is -2.10. The lowest BCUT2D eigenvalue weighted by atomic mass is 10.1. The smallest absolute Gasteiger partial charge is 0.137 e. The Hall–Kier alpha value is -0.910. The molecule has 0 aliphatic heterocycles. The lowest BCUT2D eigenvalue weighted by Crippen LogP contribution is -1.92. The lowest BCUT2D eigenvalue weighted by molar-refractivity contribution is 0.198. The zero-order valence-electron chi connectivity index (χ0n) is 10.0. The Balaban J connectivity index is 2.29. The molecule has 2 aromatic rings. The largest absolute Gasteiger partial charge is 0.389 e. The molecule has 0 radical (unpaired) electrons. The summed E-state index contributed by atoms with van der Waals surface area (Å²) in [6.45, 7) is 1.67. The second kappa shape index (κ2) is 6.03. The topological polar surface area (TPSA) is 20.2 Å². The number of aliphatic hydroxyl groups is 1. The SMILES string of the molecule is C[C@H](O)c1ccc(Sc2cc(F)ccc2F)cc1Br. The quantitative estimate of drug-likeness (QED) is 0.851. The van der Waals surface area contributed by atoms with Crippen LogP contribution in [-0.4, -0.2) is 5.11 Å². The molecule has 0 aliphatic rings. The Morgan fingerprint density at radius 3 is 2.53 bits per heavy atom. The third-order valence-corrected chi connectivity index (χ3v) is 4.25. The summed E-state index contributed by atoms with van der Waals surface area (Å²) < 4.78 is 27.3. The highest BCUT2D eigenvalue weighted by molar-refractivity contribution is 9.10. The van der Waals surface area contributed by atoms with Crippen LogP contribution in [0.4, 0.5) is 8.78 Å². The fourth-order valence-electron chi connectivity index (χ4n) is 1.59. The third-order valence-electron chi connectivity index (χ3n) is 2.54. The zero-order valence-corrected chi connectivity index (χ0v) is 12.4. The number of rotatable bonds is 3. The molecular formula is C14H11BrF2OS. The van der Waals surface area contributed by atoms with Crippen LogP contribution < -0.4 is 0 Å². The number of hydrogen-bond acceptors (Lipinski definition) is 2. The zero-order chi connectivity index (χ0) is 14.0. The van der Waals surface area contributed by atoms with Crippen LogP contribution in [0.15, 0.2) is 50.7 Å². The average Bonchev–Trinajstić information content (AvgIpc) is 2.33. The number of benzene rings is 2. The molecule has 0 fully saturated rings. The molecule has 0 unspecified atom stereocenters. The van der Waals surface area contributed by atoms with Gasteiger partial charge in [-0.25, -0.2) is 8.78 Å². The molecule has 1 N–H and O–H groups in total. The van der Waals surface area contributed by atoms with Gasteiger partial charge in [0, 0.05) is 9.37 Å². The van der Waals surface area contributed by atoms with Gasteiger partial charge >= 0.3 is 0 Å². The monoisotopic (exact) mass is 344 g/mol. The van der Waals surface area contributed by atoms with Gasteiger partial charge in [-0.05, 0) is 42.8 Å². The van der Waals surface area contributed by atoms with Crippen molar-refractivity contribution in [3.63, 3.8) is 0 Å². The summed E-state index contributed by atoms with van der Waals surface area (Å²) in [4.78, 5) is 0.998. The van der Waals surface area contributed by atoms with Crippen molar-refractivity contribution in [3.8, 4) is 0 Å². The Labute approximate surface area is 122 Å². The standard InChI is InChI=1S/C14H11BrF2OS/c1-8(18)11-4-3-10(7-12(11)15)19-14-6-9(16)2-5-13(14)17/h2-8,18H,1H3/t8-/m0/s1. The van der Waals surface area contributed by atoms with Crippen LogP contribution in [-0.2, 0) is 0 Å². The minimum absolute atomic E-state index is 0.233. The van der Waals surface area contributed by atoms with Crippen LogP contribution in [0.5, 0.6) is 0 Å². The molecule has 0 amide bonds. The second-order valence-electron chi connectivity index (χ2n) is 4.04. The maximum Gasteiger partial charge on any atom is 0.137 e. The molecule has 2 aromatic carbocycles. The first kappa shape index (κ1) is 14.5. The second-order valence-corrected chi connectivity index (χ2v) is 6.01. The first-order chi connectivity index (χ1) is 8.97. The molecule has 0 saturated heterocycles. The van der Waals surface area contributed by atoms with Gasteiger partial charge in [-0.2, -0.15) is 0 Å². The van der Waals surface area contributed by atoms with Crippen molar-refractivity contribution in [2.24, 2.45) is 0 Å². The highest BCUT2D eigenvalue weighted by Gasteiger charge is 2.10. The molecule has 0 saturated carbocycles. The minimum atomic E-state index is -0.584. The van der Waals surface area contributed by atoms with Gasteiger partial charge in [0.25, 0.3) is 0 Å². The van der Waals surface area contributed by atoms with E-state index in [9.17, 15) is 13.9 Å². The first-order valence-electron chi connectivity index (χ1n) is 5.58. The van der Waals surface area contributed by atoms with Crippen molar-refractivity contribution in [3.05, 3.63) is 58.1 Å². The maximum atomic E-state index is 13.5. The maximum absolute atomic E-state index is 13.5. The van der Waals surface area contributed by atoms with Crippen LogP contribution in [0.2, 0.25) is 0 Å². The van der Waals surface area contributed by atoms with Gasteiger partial charge in [0.05, 0.1) is 11.0 Å². The number of hydrogen-bond donors (Lipinski definition) is 1. The van der Waals surface area contributed by atoms with Crippen LogP contribution in [0.3, 0.4) is 0 Å². The van der Waals surface area contributed by atoms with Crippen molar-refractivity contribution in [1.29, 1.82) is 0 Å². The van der Waals surface area contributed by atoms with E-state index < -0.39 is 17.7 Å². The van der Waals surface area contributed by atoms with E-state index in [0.717, 1.165) is 44.9 Å². The van der Waals surface area contributed by atoms with Gasteiger partial charge < -0.3 is 5.11 Å². The van der Waals surface area contributed by atoms with Gasteiger partial charge in [0.1, 0.15) is 11.6 Å². The summed E-state index contributed by atoms with van der Waals surface area (Å²) in [5.41, 5.74) is 0.754. The minimum Gasteiger partial charge on any atom is -0.389 e.